The van der Waals surface area contributed by atoms with Crippen molar-refractivity contribution in [2.24, 2.45) is 0 Å². The fourth-order valence-electron chi connectivity index (χ4n) is 1.73. The molecule has 0 aliphatic carbocycles. The van der Waals surface area contributed by atoms with Crippen LogP contribution >= 0.6 is 0 Å². The van der Waals surface area contributed by atoms with Gasteiger partial charge in [-0.1, -0.05) is 12.1 Å². The van der Waals surface area contributed by atoms with Gasteiger partial charge in [-0.3, -0.25) is 4.79 Å². The average molecular weight is 264 g/mol. The average Bonchev–Trinajstić information content (AvgIpc) is 2.28. The molecule has 0 unspecified atom stereocenters. The van der Waals surface area contributed by atoms with Crippen molar-refractivity contribution >= 4 is 17.7 Å². The highest BCUT2D eigenvalue weighted by molar-refractivity contribution is 5.89. The quantitative estimate of drug-likeness (QED) is 0.859. The van der Waals surface area contributed by atoms with Crippen LogP contribution < -0.4 is 5.32 Å². The summed E-state index contributed by atoms with van der Waals surface area (Å²) in [5.41, 5.74) is 1.77. The van der Waals surface area contributed by atoms with Crippen molar-refractivity contribution in [3.63, 3.8) is 0 Å². The molecule has 0 aliphatic heterocycles. The first-order chi connectivity index (χ1) is 8.90. The number of rotatable bonds is 5. The Bertz CT molecular complexity index is 458. The molecule has 0 spiro atoms. The number of nitrogens with zero attached hydrogens (tertiary/aromatic N) is 1. The fourth-order valence-corrected chi connectivity index (χ4v) is 1.73. The number of amides is 2. The molecular weight excluding hydrogens is 244 g/mol. The second-order valence-electron chi connectivity index (χ2n) is 4.73. The summed E-state index contributed by atoms with van der Waals surface area (Å²) in [4.78, 5) is 24.2. The first-order valence-corrected chi connectivity index (χ1v) is 6.26. The number of carboxylic acids is 1. The van der Waals surface area contributed by atoms with E-state index in [1.54, 1.807) is 6.07 Å². The third-order valence-corrected chi connectivity index (χ3v) is 2.72. The highest BCUT2D eigenvalue weighted by Crippen LogP contribution is 2.11. The molecule has 1 aromatic carbocycles. The molecule has 0 aliphatic rings. The summed E-state index contributed by atoms with van der Waals surface area (Å²) in [5.74, 6) is -0.908. The van der Waals surface area contributed by atoms with Crippen LogP contribution in [0.5, 0.6) is 0 Å². The molecule has 104 valence electrons. The fraction of sp³-hybridized carbons (Fsp3) is 0.429. The van der Waals surface area contributed by atoms with Crippen molar-refractivity contribution < 1.29 is 14.7 Å². The minimum absolute atomic E-state index is 0.0517. The van der Waals surface area contributed by atoms with Crippen LogP contribution in [0.25, 0.3) is 0 Å². The first-order valence-electron chi connectivity index (χ1n) is 6.26. The van der Waals surface area contributed by atoms with Gasteiger partial charge in [-0.05, 0) is 38.5 Å². The van der Waals surface area contributed by atoms with Crippen LogP contribution in [0, 0.1) is 6.92 Å². The maximum Gasteiger partial charge on any atom is 0.322 e. The van der Waals surface area contributed by atoms with Gasteiger partial charge < -0.3 is 15.3 Å². The van der Waals surface area contributed by atoms with Crippen LogP contribution in [-0.4, -0.2) is 34.6 Å². The van der Waals surface area contributed by atoms with Gasteiger partial charge in [-0.2, -0.15) is 0 Å². The van der Waals surface area contributed by atoms with Crippen LogP contribution in [0.3, 0.4) is 0 Å². The Kier molecular flexibility index (Phi) is 5.36. The van der Waals surface area contributed by atoms with E-state index in [2.05, 4.69) is 5.32 Å². The number of hydrogen-bond acceptors (Lipinski definition) is 2. The van der Waals surface area contributed by atoms with Crippen LogP contribution in [-0.2, 0) is 4.79 Å². The Hall–Kier alpha value is -2.04. The molecule has 0 radical (unpaired) electrons. The van der Waals surface area contributed by atoms with Crippen molar-refractivity contribution in [2.45, 2.75) is 33.2 Å². The summed E-state index contributed by atoms with van der Waals surface area (Å²) in [6.45, 7) is 5.86. The zero-order valence-electron chi connectivity index (χ0n) is 11.5. The van der Waals surface area contributed by atoms with Crippen molar-refractivity contribution in [2.75, 3.05) is 11.9 Å². The van der Waals surface area contributed by atoms with Crippen LogP contribution in [0.4, 0.5) is 10.5 Å². The number of aliphatic carboxylic acids is 1. The van der Waals surface area contributed by atoms with E-state index in [0.717, 1.165) is 5.56 Å². The largest absolute Gasteiger partial charge is 0.481 e. The highest BCUT2D eigenvalue weighted by Gasteiger charge is 2.17. The monoisotopic (exact) mass is 264 g/mol. The molecule has 2 amide bonds. The first kappa shape index (κ1) is 15.0. The Morgan fingerprint density at radius 3 is 2.58 bits per heavy atom. The zero-order valence-corrected chi connectivity index (χ0v) is 11.5. The van der Waals surface area contributed by atoms with E-state index in [4.69, 9.17) is 5.11 Å². The summed E-state index contributed by atoms with van der Waals surface area (Å²) in [5, 5.41) is 11.5. The van der Waals surface area contributed by atoms with E-state index in [-0.39, 0.29) is 25.0 Å². The standard InChI is InChI=1S/C14H20N2O3/c1-10(2)16(8-7-13(17)18)14(19)15-12-6-4-5-11(3)9-12/h4-6,9-10H,7-8H2,1-3H3,(H,15,19)(H,17,18). The van der Waals surface area contributed by atoms with Gasteiger partial charge in [0.15, 0.2) is 0 Å². The van der Waals surface area contributed by atoms with Crippen LogP contribution in [0.2, 0.25) is 0 Å². The van der Waals surface area contributed by atoms with Gasteiger partial charge in [0.1, 0.15) is 0 Å². The SMILES string of the molecule is Cc1cccc(NC(=O)N(CCC(=O)O)C(C)C)c1. The minimum Gasteiger partial charge on any atom is -0.481 e. The highest BCUT2D eigenvalue weighted by atomic mass is 16.4. The smallest absolute Gasteiger partial charge is 0.322 e. The van der Waals surface area contributed by atoms with Gasteiger partial charge in [0, 0.05) is 18.3 Å². The normalized spacial score (nSPS) is 10.3. The summed E-state index contributed by atoms with van der Waals surface area (Å²) in [6, 6.07) is 7.15. The Labute approximate surface area is 113 Å². The lowest BCUT2D eigenvalue weighted by molar-refractivity contribution is -0.137. The third-order valence-electron chi connectivity index (χ3n) is 2.72. The maximum atomic E-state index is 12.1. The number of carboxylic acid groups (broad SMARTS) is 1. The van der Waals surface area contributed by atoms with Gasteiger partial charge in [0.2, 0.25) is 0 Å². The van der Waals surface area contributed by atoms with E-state index in [1.165, 1.54) is 4.90 Å². The van der Waals surface area contributed by atoms with E-state index in [9.17, 15) is 9.59 Å². The Morgan fingerprint density at radius 2 is 2.05 bits per heavy atom. The van der Waals surface area contributed by atoms with Gasteiger partial charge in [0.05, 0.1) is 6.42 Å². The number of urea groups is 1. The number of carbonyl (C=O) groups is 2. The van der Waals surface area contributed by atoms with Crippen molar-refractivity contribution in [3.05, 3.63) is 29.8 Å². The molecule has 19 heavy (non-hydrogen) atoms. The van der Waals surface area contributed by atoms with Crippen LogP contribution in [0.1, 0.15) is 25.8 Å². The molecule has 0 fully saturated rings. The van der Waals surface area contributed by atoms with Gasteiger partial charge >= 0.3 is 12.0 Å². The second-order valence-corrected chi connectivity index (χ2v) is 4.73. The molecule has 1 rings (SSSR count). The lowest BCUT2D eigenvalue weighted by Gasteiger charge is -2.26. The van der Waals surface area contributed by atoms with E-state index in [0.29, 0.717) is 5.69 Å². The number of benzene rings is 1. The summed E-state index contributed by atoms with van der Waals surface area (Å²) in [6.07, 6.45) is -0.0561. The topological polar surface area (TPSA) is 69.6 Å². The number of anilines is 1. The molecule has 2 N–H and O–H groups in total. The Morgan fingerprint density at radius 1 is 1.37 bits per heavy atom. The third kappa shape index (κ3) is 4.99. The molecule has 0 atom stereocenters. The Balaban J connectivity index is 2.69. The van der Waals surface area contributed by atoms with E-state index in [1.807, 2.05) is 39.0 Å². The molecule has 0 heterocycles. The van der Waals surface area contributed by atoms with Crippen LogP contribution in [0.15, 0.2) is 24.3 Å². The van der Waals surface area contributed by atoms with Crippen molar-refractivity contribution in [1.82, 2.24) is 4.90 Å². The zero-order chi connectivity index (χ0) is 14.4. The predicted octanol–water partition coefficient (Wildman–Crippen LogP) is 2.71. The van der Waals surface area contributed by atoms with E-state index < -0.39 is 5.97 Å². The molecule has 0 aromatic heterocycles. The molecule has 5 nitrogen and oxygen atoms in total. The molecule has 1 aromatic rings. The molecular formula is C14H20N2O3. The maximum absolute atomic E-state index is 12.1. The lowest BCUT2D eigenvalue weighted by Crippen LogP contribution is -2.41. The van der Waals surface area contributed by atoms with Crippen molar-refractivity contribution in [3.8, 4) is 0 Å². The van der Waals surface area contributed by atoms with Gasteiger partial charge in [0.25, 0.3) is 0 Å². The lowest BCUT2D eigenvalue weighted by atomic mass is 10.2. The van der Waals surface area contributed by atoms with E-state index >= 15 is 0 Å². The summed E-state index contributed by atoms with van der Waals surface area (Å²) < 4.78 is 0. The number of carbonyl (C=O) groups excluding carboxylic acids is 1. The van der Waals surface area contributed by atoms with Gasteiger partial charge in [-0.25, -0.2) is 4.79 Å². The molecule has 5 heteroatoms. The number of aryl methyl sites for hydroxylation is 1. The second kappa shape index (κ2) is 6.78. The van der Waals surface area contributed by atoms with Gasteiger partial charge in [-0.15, -0.1) is 0 Å². The number of hydrogen-bond donors (Lipinski definition) is 2. The van der Waals surface area contributed by atoms with Crippen molar-refractivity contribution in [1.29, 1.82) is 0 Å². The minimum atomic E-state index is -0.908. The summed E-state index contributed by atoms with van der Waals surface area (Å²) >= 11 is 0. The molecule has 0 saturated carbocycles. The predicted molar refractivity (Wildman–Crippen MR) is 74.3 cm³/mol. The molecule has 0 saturated heterocycles. The number of nitrogens with one attached hydrogen (secondary N) is 1. The summed E-state index contributed by atoms with van der Waals surface area (Å²) in [7, 11) is 0. The molecule has 0 bridgehead atoms.